The first-order valence-electron chi connectivity index (χ1n) is 15.6. The lowest BCUT2D eigenvalue weighted by molar-refractivity contribution is -0.247. The Bertz CT molecular complexity index is 1020. The summed E-state index contributed by atoms with van der Waals surface area (Å²) in [5, 5.41) is 22.3. The van der Waals surface area contributed by atoms with E-state index in [0.29, 0.717) is 23.7 Å². The summed E-state index contributed by atoms with van der Waals surface area (Å²) in [7, 11) is 0. The van der Waals surface area contributed by atoms with Crippen LogP contribution in [0.3, 0.4) is 0 Å². The number of aliphatic hydroxyl groups excluding tert-OH is 1. The maximum absolute atomic E-state index is 12.9. The minimum atomic E-state index is -0.577. The average Bonchev–Trinajstić information content (AvgIpc) is 3.26. The third kappa shape index (κ3) is 3.89. The minimum absolute atomic E-state index is 0.0918. The van der Waals surface area contributed by atoms with Crippen LogP contribution < -0.4 is 5.32 Å². The van der Waals surface area contributed by atoms with E-state index in [1.54, 1.807) is 0 Å². The van der Waals surface area contributed by atoms with Crippen LogP contribution in [0.25, 0.3) is 0 Å². The zero-order valence-corrected chi connectivity index (χ0v) is 25.3. The Kier molecular flexibility index (Phi) is 7.05. The van der Waals surface area contributed by atoms with Gasteiger partial charge in [-0.2, -0.15) is 0 Å². The number of aliphatic carboxylic acids is 1. The lowest BCUT2D eigenvalue weighted by Gasteiger charge is -2.72. The van der Waals surface area contributed by atoms with Crippen molar-refractivity contribution in [3.8, 4) is 0 Å². The largest absolute Gasteiger partial charge is 0.481 e. The number of amides is 1. The molecule has 6 nitrogen and oxygen atoms in total. The molecular formula is C33H53NO5. The fourth-order valence-corrected chi connectivity index (χ4v) is 12.0. The summed E-state index contributed by atoms with van der Waals surface area (Å²) in [6.45, 7) is 18.8. The average molecular weight is 544 g/mol. The summed E-state index contributed by atoms with van der Waals surface area (Å²) in [5.74, 6) is 1.42. The number of hydrogen-bond donors (Lipinski definition) is 3. The predicted molar refractivity (Wildman–Crippen MR) is 152 cm³/mol. The van der Waals surface area contributed by atoms with Crippen LogP contribution in [0, 0.1) is 56.7 Å². The molecule has 1 amide bonds. The number of carboxylic acid groups (broad SMARTS) is 1. The number of alkyl carbamates (subject to hydrolysis) is 1. The maximum atomic E-state index is 12.9. The second-order valence-corrected chi connectivity index (χ2v) is 15.6. The summed E-state index contributed by atoms with van der Waals surface area (Å²) in [5.41, 5.74) is 0.912. The number of ether oxygens (including phenoxy) is 1. The zero-order valence-electron chi connectivity index (χ0n) is 25.3. The number of rotatable bonds is 5. The molecule has 0 bridgehead atoms. The molecule has 3 N–H and O–H groups in total. The van der Waals surface area contributed by atoms with Crippen LogP contribution in [-0.4, -0.2) is 41.5 Å². The predicted octanol–water partition coefficient (Wildman–Crippen LogP) is 6.82. The zero-order chi connectivity index (χ0) is 28.6. The third-order valence-electron chi connectivity index (χ3n) is 14.1. The molecule has 5 aliphatic rings. The normalized spacial score (nSPS) is 48.1. The third-order valence-corrected chi connectivity index (χ3v) is 14.1. The smallest absolute Gasteiger partial charge is 0.407 e. The van der Waals surface area contributed by atoms with E-state index in [9.17, 15) is 14.7 Å². The van der Waals surface area contributed by atoms with E-state index in [1.165, 1.54) is 5.57 Å². The first-order valence-corrected chi connectivity index (χ1v) is 15.6. The Labute approximate surface area is 235 Å². The molecule has 5 aliphatic carbocycles. The summed E-state index contributed by atoms with van der Waals surface area (Å²) in [6, 6.07) is 0. The fraction of sp³-hybridized carbons (Fsp3) is 0.879. The van der Waals surface area contributed by atoms with Crippen molar-refractivity contribution in [1.82, 2.24) is 5.32 Å². The maximum Gasteiger partial charge on any atom is 0.407 e. The van der Waals surface area contributed by atoms with E-state index >= 15 is 0 Å². The Morgan fingerprint density at radius 1 is 0.897 bits per heavy atom. The van der Waals surface area contributed by atoms with Crippen molar-refractivity contribution in [3.05, 3.63) is 12.2 Å². The number of nitrogens with one attached hydrogen (secondary N) is 1. The SMILES string of the molecule is C=C(C)[C@@H]1CC[C@]2(C(=O)O)CC[C@]3(C)[C@H](CC[C@@H]4[C@@]5(C)CC[C@H](OC(=O)NCCO)C(C)(C)[C@@H]5CC[C@]43C)[C@@H]12. The van der Waals surface area contributed by atoms with Crippen molar-refractivity contribution in [1.29, 1.82) is 0 Å². The second-order valence-electron chi connectivity index (χ2n) is 15.6. The van der Waals surface area contributed by atoms with E-state index in [2.05, 4.69) is 53.4 Å². The number of aliphatic hydroxyl groups is 1. The van der Waals surface area contributed by atoms with Gasteiger partial charge in [0.25, 0.3) is 0 Å². The molecule has 0 aliphatic heterocycles. The summed E-state index contributed by atoms with van der Waals surface area (Å²) < 4.78 is 5.96. The highest BCUT2D eigenvalue weighted by Crippen LogP contribution is 2.77. The van der Waals surface area contributed by atoms with E-state index in [1.807, 2.05) is 0 Å². The van der Waals surface area contributed by atoms with Crippen LogP contribution >= 0.6 is 0 Å². The first-order chi connectivity index (χ1) is 18.2. The Balaban J connectivity index is 1.45. The van der Waals surface area contributed by atoms with Gasteiger partial charge in [-0.25, -0.2) is 4.79 Å². The molecule has 39 heavy (non-hydrogen) atoms. The second kappa shape index (κ2) is 9.49. The molecular weight excluding hydrogens is 490 g/mol. The molecule has 0 spiro atoms. The quantitative estimate of drug-likeness (QED) is 0.331. The van der Waals surface area contributed by atoms with E-state index in [-0.39, 0.29) is 46.8 Å². The number of fused-ring (bicyclic) bond motifs is 7. The van der Waals surface area contributed by atoms with E-state index in [0.717, 1.165) is 64.2 Å². The van der Waals surface area contributed by atoms with Gasteiger partial charge >= 0.3 is 12.1 Å². The van der Waals surface area contributed by atoms with Gasteiger partial charge in [-0.15, -0.1) is 0 Å². The summed E-state index contributed by atoms with van der Waals surface area (Å²) in [6.07, 6.45) is 9.51. The molecule has 5 saturated carbocycles. The molecule has 220 valence electrons. The van der Waals surface area contributed by atoms with Gasteiger partial charge in [0.15, 0.2) is 0 Å². The molecule has 6 heteroatoms. The van der Waals surface area contributed by atoms with Crippen molar-refractivity contribution in [2.24, 2.45) is 56.7 Å². The molecule has 0 aromatic rings. The van der Waals surface area contributed by atoms with Crippen LogP contribution in [0.5, 0.6) is 0 Å². The molecule has 0 unspecified atom stereocenters. The summed E-state index contributed by atoms with van der Waals surface area (Å²) in [4.78, 5) is 25.3. The topological polar surface area (TPSA) is 95.9 Å². The van der Waals surface area contributed by atoms with E-state index in [4.69, 9.17) is 9.84 Å². The molecule has 0 aromatic heterocycles. The molecule has 0 heterocycles. The van der Waals surface area contributed by atoms with Crippen molar-refractivity contribution < 1.29 is 24.5 Å². The number of hydrogen-bond acceptors (Lipinski definition) is 4. The van der Waals surface area contributed by atoms with Crippen LogP contribution in [-0.2, 0) is 9.53 Å². The van der Waals surface area contributed by atoms with Crippen LogP contribution in [0.4, 0.5) is 4.79 Å². The van der Waals surface area contributed by atoms with Crippen LogP contribution in [0.15, 0.2) is 12.2 Å². The molecule has 0 radical (unpaired) electrons. The summed E-state index contributed by atoms with van der Waals surface area (Å²) >= 11 is 0. The van der Waals surface area contributed by atoms with Crippen molar-refractivity contribution in [2.45, 2.75) is 112 Å². The molecule has 5 fully saturated rings. The lowest BCUT2D eigenvalue weighted by Crippen LogP contribution is -2.67. The molecule has 5 rings (SSSR count). The number of carbonyl (C=O) groups is 2. The van der Waals surface area contributed by atoms with Gasteiger partial charge in [0, 0.05) is 12.0 Å². The molecule has 10 atom stereocenters. The van der Waals surface area contributed by atoms with Gasteiger partial charge in [-0.3, -0.25) is 4.79 Å². The fourth-order valence-electron chi connectivity index (χ4n) is 12.0. The van der Waals surface area contributed by atoms with Gasteiger partial charge in [0.1, 0.15) is 6.10 Å². The van der Waals surface area contributed by atoms with Crippen molar-refractivity contribution in [2.75, 3.05) is 13.2 Å². The monoisotopic (exact) mass is 543 g/mol. The van der Waals surface area contributed by atoms with Crippen LogP contribution in [0.2, 0.25) is 0 Å². The van der Waals surface area contributed by atoms with Crippen molar-refractivity contribution in [3.63, 3.8) is 0 Å². The Morgan fingerprint density at radius 3 is 2.26 bits per heavy atom. The van der Waals surface area contributed by atoms with Gasteiger partial charge in [-0.05, 0) is 117 Å². The van der Waals surface area contributed by atoms with Gasteiger partial charge in [0.05, 0.1) is 12.0 Å². The van der Waals surface area contributed by atoms with Gasteiger partial charge < -0.3 is 20.3 Å². The standard InChI is InChI=1S/C33H53NO5/c1-20(2)21-10-15-33(27(36)37)17-16-31(6)22(26(21)33)8-9-24-30(5)13-12-25(39-28(38)34-18-19-35)29(3,4)23(30)11-14-32(24,31)7/h21-26,35H,1,8-19H2,2-7H3,(H,34,38)(H,36,37)/t21-,22+,23-,24+,25-,26+,30-,31+,32+,33-/m0/s1. The molecule has 0 saturated heterocycles. The highest BCUT2D eigenvalue weighted by molar-refractivity contribution is 5.76. The van der Waals surface area contributed by atoms with Crippen LogP contribution in [0.1, 0.15) is 106 Å². The highest BCUT2D eigenvalue weighted by Gasteiger charge is 2.72. The minimum Gasteiger partial charge on any atom is -0.481 e. The Morgan fingerprint density at radius 2 is 1.62 bits per heavy atom. The van der Waals surface area contributed by atoms with Crippen molar-refractivity contribution >= 4 is 12.1 Å². The highest BCUT2D eigenvalue weighted by atomic mass is 16.6. The van der Waals surface area contributed by atoms with Gasteiger partial charge in [0.2, 0.25) is 0 Å². The molecule has 0 aromatic carbocycles. The van der Waals surface area contributed by atoms with Gasteiger partial charge in [-0.1, -0.05) is 46.8 Å². The van der Waals surface area contributed by atoms with E-state index < -0.39 is 17.5 Å². The number of carboxylic acids is 1. The number of carbonyl (C=O) groups excluding carboxylic acids is 1. The Hall–Kier alpha value is -1.56. The first kappa shape index (κ1) is 29.0. The lowest BCUT2D eigenvalue weighted by atomic mass is 9.32. The number of allylic oxidation sites excluding steroid dienone is 1.